The van der Waals surface area contributed by atoms with E-state index in [9.17, 15) is 8.78 Å². The lowest BCUT2D eigenvalue weighted by Crippen LogP contribution is -2.24. The Bertz CT molecular complexity index is 497. The molecule has 0 aliphatic carbocycles. The number of imidazole rings is 1. The fraction of sp³-hybridized carbons (Fsp3) is 0.308. The minimum atomic E-state index is -0.845. The van der Waals surface area contributed by atoms with Crippen LogP contribution in [0.1, 0.15) is 30.8 Å². The van der Waals surface area contributed by atoms with E-state index < -0.39 is 11.6 Å². The van der Waals surface area contributed by atoms with Gasteiger partial charge in [-0.1, -0.05) is 13.0 Å². The standard InChI is InChI=1S/C13H15F2N3/c1-2-5-16-12(13-17-6-7-18-13)9-3-4-10(14)11(15)8-9/h3-4,6-8,12,16H,2,5H2,1H3,(H,17,18). The van der Waals surface area contributed by atoms with Gasteiger partial charge in [0.1, 0.15) is 5.82 Å². The first kappa shape index (κ1) is 12.7. The van der Waals surface area contributed by atoms with Crippen LogP contribution in [0.3, 0.4) is 0 Å². The van der Waals surface area contributed by atoms with Crippen molar-refractivity contribution >= 4 is 0 Å². The number of aromatic nitrogens is 2. The molecule has 0 radical (unpaired) electrons. The molecule has 0 aliphatic rings. The predicted octanol–water partition coefficient (Wildman–Crippen LogP) is 2.78. The largest absolute Gasteiger partial charge is 0.347 e. The molecule has 0 saturated heterocycles. The molecule has 0 saturated carbocycles. The van der Waals surface area contributed by atoms with Crippen molar-refractivity contribution in [1.82, 2.24) is 15.3 Å². The summed E-state index contributed by atoms with van der Waals surface area (Å²) in [7, 11) is 0. The van der Waals surface area contributed by atoms with Gasteiger partial charge in [-0.05, 0) is 30.7 Å². The molecule has 1 aromatic heterocycles. The number of nitrogens with one attached hydrogen (secondary N) is 2. The molecule has 2 rings (SSSR count). The predicted molar refractivity (Wildman–Crippen MR) is 65.1 cm³/mol. The van der Waals surface area contributed by atoms with Crippen LogP contribution >= 0.6 is 0 Å². The van der Waals surface area contributed by atoms with Crippen molar-refractivity contribution in [3.63, 3.8) is 0 Å². The summed E-state index contributed by atoms with van der Waals surface area (Å²) in [4.78, 5) is 7.15. The molecule has 96 valence electrons. The minimum absolute atomic E-state index is 0.255. The summed E-state index contributed by atoms with van der Waals surface area (Å²) < 4.78 is 26.2. The van der Waals surface area contributed by atoms with Crippen LogP contribution in [0.15, 0.2) is 30.6 Å². The van der Waals surface area contributed by atoms with Crippen LogP contribution in [-0.2, 0) is 0 Å². The van der Waals surface area contributed by atoms with Crippen molar-refractivity contribution in [2.45, 2.75) is 19.4 Å². The van der Waals surface area contributed by atoms with Crippen molar-refractivity contribution < 1.29 is 8.78 Å². The van der Waals surface area contributed by atoms with Crippen LogP contribution in [0.2, 0.25) is 0 Å². The highest BCUT2D eigenvalue weighted by molar-refractivity contribution is 5.26. The summed E-state index contributed by atoms with van der Waals surface area (Å²) in [6, 6.07) is 3.64. The number of aromatic amines is 1. The second kappa shape index (κ2) is 5.73. The Balaban J connectivity index is 2.30. The molecule has 1 atom stereocenters. The molecule has 5 heteroatoms. The highest BCUT2D eigenvalue weighted by Gasteiger charge is 2.17. The van der Waals surface area contributed by atoms with Crippen LogP contribution in [0.25, 0.3) is 0 Å². The second-order valence-corrected chi connectivity index (χ2v) is 4.04. The third-order valence-electron chi connectivity index (χ3n) is 2.67. The molecule has 0 aliphatic heterocycles. The van der Waals surface area contributed by atoms with Gasteiger partial charge in [0.15, 0.2) is 11.6 Å². The molecule has 0 spiro atoms. The molecular weight excluding hydrogens is 236 g/mol. The van der Waals surface area contributed by atoms with Gasteiger partial charge in [0.05, 0.1) is 6.04 Å². The Kier molecular flexibility index (Phi) is 4.04. The van der Waals surface area contributed by atoms with Crippen molar-refractivity contribution in [3.8, 4) is 0 Å². The number of H-pyrrole nitrogens is 1. The number of hydrogen-bond acceptors (Lipinski definition) is 2. The topological polar surface area (TPSA) is 40.7 Å². The van der Waals surface area contributed by atoms with Crippen LogP contribution in [-0.4, -0.2) is 16.5 Å². The molecule has 2 aromatic rings. The molecule has 0 fully saturated rings. The van der Waals surface area contributed by atoms with Gasteiger partial charge in [-0.3, -0.25) is 0 Å². The zero-order chi connectivity index (χ0) is 13.0. The number of halogens is 2. The van der Waals surface area contributed by atoms with Gasteiger partial charge in [0, 0.05) is 12.4 Å². The van der Waals surface area contributed by atoms with E-state index in [0.29, 0.717) is 11.4 Å². The first-order valence-corrected chi connectivity index (χ1v) is 5.90. The first-order valence-electron chi connectivity index (χ1n) is 5.90. The summed E-state index contributed by atoms with van der Waals surface area (Å²) >= 11 is 0. The summed E-state index contributed by atoms with van der Waals surface area (Å²) in [5, 5.41) is 3.25. The van der Waals surface area contributed by atoms with Crippen molar-refractivity contribution in [1.29, 1.82) is 0 Å². The van der Waals surface area contributed by atoms with E-state index in [4.69, 9.17) is 0 Å². The Hall–Kier alpha value is -1.75. The Labute approximate surface area is 104 Å². The van der Waals surface area contributed by atoms with E-state index in [1.807, 2.05) is 6.92 Å². The Morgan fingerprint density at radius 3 is 2.78 bits per heavy atom. The smallest absolute Gasteiger partial charge is 0.159 e. The van der Waals surface area contributed by atoms with E-state index in [2.05, 4.69) is 15.3 Å². The number of hydrogen-bond donors (Lipinski definition) is 2. The summed E-state index contributed by atoms with van der Waals surface area (Å²) in [5.41, 5.74) is 0.650. The first-order chi connectivity index (χ1) is 8.72. The summed E-state index contributed by atoms with van der Waals surface area (Å²) in [6.07, 6.45) is 4.28. The Morgan fingerprint density at radius 1 is 1.33 bits per heavy atom. The normalized spacial score (nSPS) is 12.6. The fourth-order valence-electron chi connectivity index (χ4n) is 1.79. The Morgan fingerprint density at radius 2 is 2.17 bits per heavy atom. The molecule has 0 bridgehead atoms. The molecule has 0 amide bonds. The number of nitrogens with zero attached hydrogens (tertiary/aromatic N) is 1. The van der Waals surface area contributed by atoms with Gasteiger partial charge in [-0.15, -0.1) is 0 Å². The third kappa shape index (κ3) is 2.73. The second-order valence-electron chi connectivity index (χ2n) is 4.04. The average molecular weight is 251 g/mol. The monoisotopic (exact) mass is 251 g/mol. The van der Waals surface area contributed by atoms with Gasteiger partial charge in [-0.2, -0.15) is 0 Å². The summed E-state index contributed by atoms with van der Waals surface area (Å²) in [5.74, 6) is -0.996. The van der Waals surface area contributed by atoms with Crippen molar-refractivity contribution in [2.75, 3.05) is 6.54 Å². The average Bonchev–Trinajstić information content (AvgIpc) is 2.88. The fourth-order valence-corrected chi connectivity index (χ4v) is 1.79. The molecule has 1 unspecified atom stereocenters. The van der Waals surface area contributed by atoms with E-state index >= 15 is 0 Å². The highest BCUT2D eigenvalue weighted by atomic mass is 19.2. The van der Waals surface area contributed by atoms with Crippen LogP contribution in [0.5, 0.6) is 0 Å². The van der Waals surface area contributed by atoms with E-state index in [0.717, 1.165) is 19.0 Å². The molecule has 3 nitrogen and oxygen atoms in total. The van der Waals surface area contributed by atoms with Gasteiger partial charge >= 0.3 is 0 Å². The molecule has 18 heavy (non-hydrogen) atoms. The van der Waals surface area contributed by atoms with E-state index in [1.54, 1.807) is 18.5 Å². The molecule has 1 heterocycles. The third-order valence-corrected chi connectivity index (χ3v) is 2.67. The zero-order valence-corrected chi connectivity index (χ0v) is 10.1. The maximum atomic E-state index is 13.3. The van der Waals surface area contributed by atoms with Crippen LogP contribution in [0.4, 0.5) is 8.78 Å². The lowest BCUT2D eigenvalue weighted by atomic mass is 10.1. The summed E-state index contributed by atoms with van der Waals surface area (Å²) in [6.45, 7) is 2.81. The molecule has 2 N–H and O–H groups in total. The van der Waals surface area contributed by atoms with Crippen molar-refractivity contribution in [2.24, 2.45) is 0 Å². The molecular formula is C13H15F2N3. The maximum absolute atomic E-state index is 13.3. The minimum Gasteiger partial charge on any atom is -0.347 e. The van der Waals surface area contributed by atoms with Crippen LogP contribution < -0.4 is 5.32 Å². The zero-order valence-electron chi connectivity index (χ0n) is 10.1. The number of benzene rings is 1. The van der Waals surface area contributed by atoms with E-state index in [-0.39, 0.29) is 6.04 Å². The van der Waals surface area contributed by atoms with Gasteiger partial charge < -0.3 is 10.3 Å². The maximum Gasteiger partial charge on any atom is 0.159 e. The van der Waals surface area contributed by atoms with Gasteiger partial charge in [0.25, 0.3) is 0 Å². The van der Waals surface area contributed by atoms with Crippen LogP contribution in [0, 0.1) is 11.6 Å². The van der Waals surface area contributed by atoms with Crippen molar-refractivity contribution in [3.05, 3.63) is 53.6 Å². The van der Waals surface area contributed by atoms with E-state index in [1.165, 1.54) is 6.07 Å². The van der Waals surface area contributed by atoms with Gasteiger partial charge in [0.2, 0.25) is 0 Å². The highest BCUT2D eigenvalue weighted by Crippen LogP contribution is 2.21. The SMILES string of the molecule is CCCNC(c1ccc(F)c(F)c1)c1ncc[nH]1. The lowest BCUT2D eigenvalue weighted by Gasteiger charge is -2.17. The number of rotatable bonds is 5. The lowest BCUT2D eigenvalue weighted by molar-refractivity contribution is 0.501. The quantitative estimate of drug-likeness (QED) is 0.857. The molecule has 1 aromatic carbocycles. The van der Waals surface area contributed by atoms with Gasteiger partial charge in [-0.25, -0.2) is 13.8 Å².